The van der Waals surface area contributed by atoms with E-state index in [4.69, 9.17) is 9.72 Å². The van der Waals surface area contributed by atoms with Gasteiger partial charge < -0.3 is 25.2 Å². The molecule has 0 spiro atoms. The summed E-state index contributed by atoms with van der Waals surface area (Å²) in [6, 6.07) is 14.7. The number of aryl methyl sites for hydroxylation is 3. The fraction of sp³-hybridized carbons (Fsp3) is 0.486. The van der Waals surface area contributed by atoms with Crippen LogP contribution in [0, 0.1) is 19.8 Å². The maximum atomic E-state index is 12.4. The number of nitrogens with zero attached hydrogens (tertiary/aromatic N) is 7. The van der Waals surface area contributed by atoms with Crippen molar-refractivity contribution in [2.45, 2.75) is 53.1 Å². The fourth-order valence-corrected chi connectivity index (χ4v) is 6.38. The van der Waals surface area contributed by atoms with Crippen molar-refractivity contribution in [1.82, 2.24) is 29.5 Å². The number of ether oxygens (including phenoxy) is 1. The summed E-state index contributed by atoms with van der Waals surface area (Å²) in [5.74, 6) is 1.91. The van der Waals surface area contributed by atoms with Crippen LogP contribution in [0.15, 0.2) is 48.7 Å². The Morgan fingerprint density at radius 3 is 2.26 bits per heavy atom. The number of rotatable bonds is 7. The van der Waals surface area contributed by atoms with Gasteiger partial charge in [-0.05, 0) is 88.8 Å². The number of benzene rings is 2. The Kier molecular flexibility index (Phi) is 9.04. The standard InChI is InChI=1S/C35H47N9O2/c1-24-8-7-9-25(2)30(24)38-31-29-22-36-33(39-32(29)41(6)40-31)37-27-10-12-28(13-11-27)43-20-18-42(19-21-43)23-26-14-16-44(17-15-26)34(45)46-35(3,4)5/h7-13,22,26H,14-21,23H2,1-6H3,(H,38,40)(H,36,37,39). The number of hydrogen-bond acceptors (Lipinski definition) is 9. The highest BCUT2D eigenvalue weighted by Gasteiger charge is 2.28. The van der Waals surface area contributed by atoms with E-state index < -0.39 is 5.60 Å². The summed E-state index contributed by atoms with van der Waals surface area (Å²) in [6.07, 6.45) is 3.72. The molecule has 244 valence electrons. The average Bonchev–Trinajstić information content (AvgIpc) is 3.33. The lowest BCUT2D eigenvalue weighted by Gasteiger charge is -2.39. The van der Waals surface area contributed by atoms with Crippen LogP contribution in [0.1, 0.15) is 44.7 Å². The topological polar surface area (TPSA) is 104 Å². The smallest absolute Gasteiger partial charge is 0.410 e. The van der Waals surface area contributed by atoms with E-state index in [0.717, 1.165) is 98.0 Å². The fourth-order valence-electron chi connectivity index (χ4n) is 6.38. The highest BCUT2D eigenvalue weighted by molar-refractivity contribution is 5.90. The van der Waals surface area contributed by atoms with Crippen molar-refractivity contribution in [3.63, 3.8) is 0 Å². The summed E-state index contributed by atoms with van der Waals surface area (Å²) >= 11 is 0. The third-order valence-electron chi connectivity index (χ3n) is 8.95. The SMILES string of the molecule is Cc1cccc(C)c1Nc1nn(C)c2nc(Nc3ccc(N4CCN(CC5CCN(C(=O)OC(C)(C)C)CC5)CC4)cc3)ncc12. The Balaban J connectivity index is 0.994. The molecule has 4 heterocycles. The first-order chi connectivity index (χ1) is 22.0. The Bertz CT molecular complexity index is 1640. The summed E-state index contributed by atoms with van der Waals surface area (Å²) in [4.78, 5) is 28.7. The second kappa shape index (κ2) is 13.2. The van der Waals surface area contributed by atoms with Crippen LogP contribution in [0.2, 0.25) is 0 Å². The Hall–Kier alpha value is -4.38. The van der Waals surface area contributed by atoms with Gasteiger partial charge >= 0.3 is 6.09 Å². The van der Waals surface area contributed by atoms with Gasteiger partial charge in [-0.25, -0.2) is 14.5 Å². The number of likely N-dealkylation sites (tertiary alicyclic amines) is 1. The third kappa shape index (κ3) is 7.36. The molecule has 2 N–H and O–H groups in total. The molecule has 11 nitrogen and oxygen atoms in total. The molecule has 2 aromatic carbocycles. The van der Waals surface area contributed by atoms with Crippen molar-refractivity contribution in [3.8, 4) is 0 Å². The van der Waals surface area contributed by atoms with Crippen LogP contribution in [0.4, 0.5) is 33.6 Å². The van der Waals surface area contributed by atoms with Crippen molar-refractivity contribution < 1.29 is 9.53 Å². The lowest BCUT2D eigenvalue weighted by Crippen LogP contribution is -2.49. The van der Waals surface area contributed by atoms with Gasteiger partial charge in [0.2, 0.25) is 5.95 Å². The lowest BCUT2D eigenvalue weighted by atomic mass is 9.96. The molecule has 0 aliphatic carbocycles. The summed E-state index contributed by atoms with van der Waals surface area (Å²) < 4.78 is 7.34. The largest absolute Gasteiger partial charge is 0.444 e. The highest BCUT2D eigenvalue weighted by atomic mass is 16.6. The van der Waals surface area contributed by atoms with E-state index in [-0.39, 0.29) is 6.09 Å². The number of nitrogens with one attached hydrogen (secondary N) is 2. The summed E-state index contributed by atoms with van der Waals surface area (Å²) in [7, 11) is 1.90. The van der Waals surface area contributed by atoms with Crippen LogP contribution in [0.5, 0.6) is 0 Å². The molecule has 6 rings (SSSR count). The summed E-state index contributed by atoms with van der Waals surface area (Å²) in [5, 5.41) is 12.4. The molecule has 1 amide bonds. The van der Waals surface area contributed by atoms with Gasteiger partial charge in [-0.1, -0.05) is 18.2 Å². The molecule has 2 aliphatic rings. The number of fused-ring (bicyclic) bond motifs is 1. The Morgan fingerprint density at radius 2 is 1.61 bits per heavy atom. The quantitative estimate of drug-likeness (QED) is 0.247. The predicted octanol–water partition coefficient (Wildman–Crippen LogP) is 6.24. The maximum absolute atomic E-state index is 12.4. The molecule has 46 heavy (non-hydrogen) atoms. The number of piperidine rings is 1. The van der Waals surface area contributed by atoms with Crippen molar-refractivity contribution in [3.05, 3.63) is 59.8 Å². The number of carbonyl (C=O) groups excluding carboxylic acids is 1. The molecule has 0 unspecified atom stereocenters. The van der Waals surface area contributed by atoms with E-state index in [9.17, 15) is 4.79 Å². The van der Waals surface area contributed by atoms with Gasteiger partial charge in [-0.2, -0.15) is 10.1 Å². The summed E-state index contributed by atoms with van der Waals surface area (Å²) in [5.41, 5.74) is 5.86. The van der Waals surface area contributed by atoms with Gasteiger partial charge in [-0.15, -0.1) is 0 Å². The monoisotopic (exact) mass is 625 g/mol. The molecule has 0 saturated carbocycles. The Morgan fingerprint density at radius 1 is 0.935 bits per heavy atom. The van der Waals surface area contributed by atoms with Crippen molar-refractivity contribution in [2.75, 3.05) is 61.3 Å². The molecule has 2 aliphatic heterocycles. The molecular weight excluding hydrogens is 578 g/mol. The van der Waals surface area contributed by atoms with Gasteiger partial charge in [0.15, 0.2) is 11.5 Å². The van der Waals surface area contributed by atoms with E-state index in [1.54, 1.807) is 4.68 Å². The molecule has 0 radical (unpaired) electrons. The third-order valence-corrected chi connectivity index (χ3v) is 8.95. The number of hydrogen-bond donors (Lipinski definition) is 2. The average molecular weight is 626 g/mol. The zero-order valence-corrected chi connectivity index (χ0v) is 28.0. The predicted molar refractivity (Wildman–Crippen MR) is 184 cm³/mol. The maximum Gasteiger partial charge on any atom is 0.410 e. The minimum absolute atomic E-state index is 0.182. The molecule has 2 aromatic heterocycles. The normalized spacial score (nSPS) is 16.6. The van der Waals surface area contributed by atoms with Crippen LogP contribution in [-0.2, 0) is 11.8 Å². The van der Waals surface area contributed by atoms with Crippen LogP contribution < -0.4 is 15.5 Å². The van der Waals surface area contributed by atoms with E-state index in [2.05, 4.69) is 86.8 Å². The van der Waals surface area contributed by atoms with Crippen LogP contribution >= 0.6 is 0 Å². The van der Waals surface area contributed by atoms with Gasteiger partial charge in [0.1, 0.15) is 5.60 Å². The lowest BCUT2D eigenvalue weighted by molar-refractivity contribution is 0.0169. The zero-order chi connectivity index (χ0) is 32.4. The molecule has 0 bridgehead atoms. The van der Waals surface area contributed by atoms with Crippen LogP contribution in [-0.4, -0.2) is 87.1 Å². The number of piperazine rings is 1. The van der Waals surface area contributed by atoms with E-state index in [1.165, 1.54) is 5.69 Å². The molecular formula is C35H47N9O2. The van der Waals surface area contributed by atoms with Gasteiger partial charge in [-0.3, -0.25) is 4.90 Å². The minimum Gasteiger partial charge on any atom is -0.444 e. The van der Waals surface area contributed by atoms with E-state index in [1.807, 2.05) is 38.9 Å². The minimum atomic E-state index is -0.446. The zero-order valence-electron chi connectivity index (χ0n) is 28.0. The number of para-hydroxylation sites is 1. The second-order valence-corrected chi connectivity index (χ2v) is 13.7. The van der Waals surface area contributed by atoms with Crippen molar-refractivity contribution in [1.29, 1.82) is 0 Å². The van der Waals surface area contributed by atoms with E-state index in [0.29, 0.717) is 11.9 Å². The molecule has 2 fully saturated rings. The molecule has 2 saturated heterocycles. The molecule has 0 atom stereocenters. The second-order valence-electron chi connectivity index (χ2n) is 13.7. The van der Waals surface area contributed by atoms with Crippen molar-refractivity contribution in [2.24, 2.45) is 13.0 Å². The van der Waals surface area contributed by atoms with E-state index >= 15 is 0 Å². The first kappa shape index (κ1) is 31.6. The van der Waals surface area contributed by atoms with Crippen LogP contribution in [0.3, 0.4) is 0 Å². The molecule has 11 heteroatoms. The van der Waals surface area contributed by atoms with Gasteiger partial charge in [0.05, 0.1) is 5.39 Å². The Labute approximate surface area is 271 Å². The van der Waals surface area contributed by atoms with Crippen LogP contribution in [0.25, 0.3) is 11.0 Å². The number of anilines is 5. The first-order valence-electron chi connectivity index (χ1n) is 16.4. The first-order valence-corrected chi connectivity index (χ1v) is 16.4. The van der Waals surface area contributed by atoms with Crippen molar-refractivity contribution >= 4 is 46.0 Å². The van der Waals surface area contributed by atoms with Gasteiger partial charge in [0, 0.05) is 76.1 Å². The highest BCUT2D eigenvalue weighted by Crippen LogP contribution is 2.29. The summed E-state index contributed by atoms with van der Waals surface area (Å²) in [6.45, 7) is 16.7. The van der Waals surface area contributed by atoms with Gasteiger partial charge in [0.25, 0.3) is 0 Å². The number of amides is 1. The number of aromatic nitrogens is 4. The number of carbonyl (C=O) groups is 1. The molecule has 4 aromatic rings.